The van der Waals surface area contributed by atoms with Gasteiger partial charge in [0.1, 0.15) is 0 Å². The van der Waals surface area contributed by atoms with E-state index in [1.165, 1.54) is 24.2 Å². The minimum Gasteiger partial charge on any atom is -0.316 e. The van der Waals surface area contributed by atoms with Gasteiger partial charge in [0.05, 0.1) is 0 Å². The van der Waals surface area contributed by atoms with Crippen molar-refractivity contribution in [3.05, 3.63) is 12.2 Å². The van der Waals surface area contributed by atoms with Crippen molar-refractivity contribution in [1.82, 2.24) is 5.32 Å². The van der Waals surface area contributed by atoms with Crippen LogP contribution in [0.2, 0.25) is 0 Å². The van der Waals surface area contributed by atoms with Crippen LogP contribution >= 0.6 is 11.8 Å². The van der Waals surface area contributed by atoms with Crippen LogP contribution in [0.1, 0.15) is 32.6 Å². The zero-order valence-corrected chi connectivity index (χ0v) is 9.62. The molecule has 0 amide bonds. The van der Waals surface area contributed by atoms with Gasteiger partial charge in [-0.1, -0.05) is 19.1 Å². The van der Waals surface area contributed by atoms with Crippen LogP contribution < -0.4 is 5.32 Å². The van der Waals surface area contributed by atoms with Crippen molar-refractivity contribution >= 4 is 11.8 Å². The summed E-state index contributed by atoms with van der Waals surface area (Å²) < 4.78 is 0. The molecule has 0 saturated carbocycles. The number of rotatable bonds is 5. The minimum absolute atomic E-state index is 0.653. The summed E-state index contributed by atoms with van der Waals surface area (Å²) in [6, 6.07) is 0.653. The topological polar surface area (TPSA) is 12.0 Å². The number of hydrogen-bond acceptors (Lipinski definition) is 2. The summed E-state index contributed by atoms with van der Waals surface area (Å²) in [5.74, 6) is 1.35. The average Bonchev–Trinajstić information content (AvgIpc) is 2.66. The first kappa shape index (κ1) is 11.1. The average molecular weight is 199 g/mol. The van der Waals surface area contributed by atoms with Gasteiger partial charge in [-0.15, -0.1) is 0 Å². The fraction of sp³-hybridized carbons (Fsp3) is 0.818. The molecule has 1 fully saturated rings. The molecule has 1 saturated heterocycles. The molecule has 0 radical (unpaired) electrons. The third-order valence-electron chi connectivity index (χ3n) is 2.79. The second-order valence-electron chi connectivity index (χ2n) is 3.75. The van der Waals surface area contributed by atoms with Crippen molar-refractivity contribution in [2.45, 2.75) is 43.9 Å². The molecule has 0 aromatic rings. The van der Waals surface area contributed by atoms with Crippen LogP contribution in [0.4, 0.5) is 0 Å². The maximum absolute atomic E-state index is 4.08. The summed E-state index contributed by atoms with van der Waals surface area (Å²) in [6.45, 7) is 6.27. The second-order valence-corrected chi connectivity index (χ2v) is 5.10. The van der Waals surface area contributed by atoms with Gasteiger partial charge in [0.25, 0.3) is 0 Å². The minimum atomic E-state index is 0.653. The van der Waals surface area contributed by atoms with E-state index in [0.29, 0.717) is 6.04 Å². The molecule has 0 spiro atoms. The third-order valence-corrected chi connectivity index (χ3v) is 4.31. The van der Waals surface area contributed by atoms with Crippen LogP contribution in [0, 0.1) is 0 Å². The highest BCUT2D eigenvalue weighted by Crippen LogP contribution is 2.30. The predicted molar refractivity (Wildman–Crippen MR) is 62.4 cm³/mol. The van der Waals surface area contributed by atoms with E-state index in [-0.39, 0.29) is 0 Å². The maximum atomic E-state index is 4.08. The quantitative estimate of drug-likeness (QED) is 0.683. The summed E-state index contributed by atoms with van der Waals surface area (Å²) in [7, 11) is 2.08. The van der Waals surface area contributed by atoms with E-state index < -0.39 is 0 Å². The lowest BCUT2D eigenvalue weighted by atomic mass is 10.0. The van der Waals surface area contributed by atoms with E-state index in [1.807, 2.05) is 0 Å². The zero-order valence-electron chi connectivity index (χ0n) is 8.81. The molecule has 2 atom stereocenters. The highest BCUT2D eigenvalue weighted by Gasteiger charge is 2.24. The van der Waals surface area contributed by atoms with E-state index in [4.69, 9.17) is 0 Å². The summed E-state index contributed by atoms with van der Waals surface area (Å²) in [5, 5.41) is 4.25. The zero-order chi connectivity index (χ0) is 9.68. The van der Waals surface area contributed by atoms with E-state index in [1.54, 1.807) is 0 Å². The molecular weight excluding hydrogens is 178 g/mol. The van der Waals surface area contributed by atoms with Gasteiger partial charge in [-0.05, 0) is 38.5 Å². The van der Waals surface area contributed by atoms with Gasteiger partial charge >= 0.3 is 0 Å². The van der Waals surface area contributed by atoms with Gasteiger partial charge in [0.15, 0.2) is 0 Å². The second kappa shape index (κ2) is 5.71. The van der Waals surface area contributed by atoms with Crippen LogP contribution in [-0.4, -0.2) is 24.1 Å². The van der Waals surface area contributed by atoms with E-state index in [2.05, 4.69) is 37.6 Å². The molecule has 0 aliphatic carbocycles. The van der Waals surface area contributed by atoms with E-state index in [0.717, 1.165) is 18.1 Å². The van der Waals surface area contributed by atoms with Crippen LogP contribution in [0.25, 0.3) is 0 Å². The van der Waals surface area contributed by atoms with Gasteiger partial charge in [0, 0.05) is 11.3 Å². The third kappa shape index (κ3) is 3.35. The van der Waals surface area contributed by atoms with Gasteiger partial charge in [-0.3, -0.25) is 0 Å². The van der Waals surface area contributed by atoms with Crippen molar-refractivity contribution in [1.29, 1.82) is 0 Å². The largest absolute Gasteiger partial charge is 0.316 e. The molecular formula is C11H21NS. The van der Waals surface area contributed by atoms with Crippen molar-refractivity contribution in [3.63, 3.8) is 0 Å². The number of hydrogen-bond donors (Lipinski definition) is 1. The Morgan fingerprint density at radius 1 is 1.69 bits per heavy atom. The fourth-order valence-corrected chi connectivity index (χ4v) is 3.23. The molecule has 1 nitrogen and oxygen atoms in total. The molecule has 1 rings (SSSR count). The Hall–Kier alpha value is 0.0500. The molecule has 76 valence electrons. The van der Waals surface area contributed by atoms with E-state index >= 15 is 0 Å². The first-order valence-electron chi connectivity index (χ1n) is 5.23. The lowest BCUT2D eigenvalue weighted by Crippen LogP contribution is -2.34. The molecule has 1 heterocycles. The standard InChI is InChI=1S/C11H21NS/c1-4-9(2)8-10(12-3)11-6-5-7-13-11/h10-12H,2,4-8H2,1,3H3. The SMILES string of the molecule is C=C(CC)CC(NC)C1CCCS1. The summed E-state index contributed by atoms with van der Waals surface area (Å²) in [5.41, 5.74) is 1.38. The Labute approximate surface area is 86.4 Å². The monoisotopic (exact) mass is 199 g/mol. The molecule has 2 heteroatoms. The maximum Gasteiger partial charge on any atom is 0.0220 e. The molecule has 2 unspecified atom stereocenters. The van der Waals surface area contributed by atoms with Gasteiger partial charge in [-0.2, -0.15) is 11.8 Å². The Bertz CT molecular complexity index is 161. The fourth-order valence-electron chi connectivity index (χ4n) is 1.79. The van der Waals surface area contributed by atoms with Crippen LogP contribution in [0.15, 0.2) is 12.2 Å². The Morgan fingerprint density at radius 3 is 2.92 bits per heavy atom. The molecule has 1 aliphatic heterocycles. The van der Waals surface area contributed by atoms with Gasteiger partial charge in [0.2, 0.25) is 0 Å². The molecule has 0 bridgehead atoms. The van der Waals surface area contributed by atoms with Crippen LogP contribution in [-0.2, 0) is 0 Å². The number of thioether (sulfide) groups is 1. The van der Waals surface area contributed by atoms with Crippen molar-refractivity contribution in [2.24, 2.45) is 0 Å². The highest BCUT2D eigenvalue weighted by molar-refractivity contribution is 8.00. The lowest BCUT2D eigenvalue weighted by molar-refractivity contribution is 0.518. The summed E-state index contributed by atoms with van der Waals surface area (Å²) in [6.07, 6.45) is 5.06. The smallest absolute Gasteiger partial charge is 0.0220 e. The lowest BCUT2D eigenvalue weighted by Gasteiger charge is -2.22. The van der Waals surface area contributed by atoms with Crippen LogP contribution in [0.5, 0.6) is 0 Å². The molecule has 1 N–H and O–H groups in total. The number of nitrogens with one attached hydrogen (secondary N) is 1. The van der Waals surface area contributed by atoms with E-state index in [9.17, 15) is 0 Å². The summed E-state index contributed by atoms with van der Waals surface area (Å²) in [4.78, 5) is 0. The van der Waals surface area contributed by atoms with Crippen molar-refractivity contribution in [2.75, 3.05) is 12.8 Å². The molecule has 1 aliphatic rings. The predicted octanol–water partition coefficient (Wildman–Crippen LogP) is 2.83. The normalized spacial score (nSPS) is 24.6. The van der Waals surface area contributed by atoms with Gasteiger partial charge in [-0.25, -0.2) is 0 Å². The molecule has 0 aromatic heterocycles. The molecule has 13 heavy (non-hydrogen) atoms. The highest BCUT2D eigenvalue weighted by atomic mass is 32.2. The van der Waals surface area contributed by atoms with Gasteiger partial charge < -0.3 is 5.32 Å². The van der Waals surface area contributed by atoms with Crippen molar-refractivity contribution in [3.8, 4) is 0 Å². The summed E-state index contributed by atoms with van der Waals surface area (Å²) >= 11 is 2.12. The van der Waals surface area contributed by atoms with Crippen molar-refractivity contribution < 1.29 is 0 Å². The Morgan fingerprint density at radius 2 is 2.46 bits per heavy atom. The van der Waals surface area contributed by atoms with Crippen LogP contribution in [0.3, 0.4) is 0 Å². The Kier molecular flexibility index (Phi) is 4.89. The first-order valence-corrected chi connectivity index (χ1v) is 6.28. The Balaban J connectivity index is 2.37. The molecule has 0 aromatic carbocycles. The first-order chi connectivity index (χ1) is 6.27.